The fourth-order valence-electron chi connectivity index (χ4n) is 5.12. The quantitative estimate of drug-likeness (QED) is 0.607. The predicted molar refractivity (Wildman–Crippen MR) is 124 cm³/mol. The van der Waals surface area contributed by atoms with Crippen molar-refractivity contribution in [3.63, 3.8) is 0 Å². The minimum absolute atomic E-state index is 0.0393. The summed E-state index contributed by atoms with van der Waals surface area (Å²) in [5.74, 6) is 0.778. The largest absolute Gasteiger partial charge is 0.332 e. The first-order valence-corrected chi connectivity index (χ1v) is 12.4. The monoisotopic (exact) mass is 435 g/mol. The van der Waals surface area contributed by atoms with Gasteiger partial charge < -0.3 is 9.88 Å². The number of thiophene rings is 1. The first-order chi connectivity index (χ1) is 15.2. The molecule has 2 heterocycles. The van der Waals surface area contributed by atoms with Crippen LogP contribution in [0, 0.1) is 0 Å². The highest BCUT2D eigenvalue weighted by Gasteiger charge is 2.28. The van der Waals surface area contributed by atoms with Gasteiger partial charge in [0.15, 0.2) is 0 Å². The van der Waals surface area contributed by atoms with Crippen LogP contribution in [0.25, 0.3) is 10.2 Å². The third kappa shape index (κ3) is 4.31. The number of fused-ring (bicyclic) bond motifs is 3. The van der Waals surface area contributed by atoms with Crippen LogP contribution in [-0.2, 0) is 30.6 Å². The predicted octanol–water partition coefficient (Wildman–Crippen LogP) is 4.77. The molecule has 2 aromatic heterocycles. The lowest BCUT2D eigenvalue weighted by Crippen LogP contribution is -2.39. The molecule has 5 nitrogen and oxygen atoms in total. The molecule has 1 saturated carbocycles. The maximum absolute atomic E-state index is 13.2. The van der Waals surface area contributed by atoms with Gasteiger partial charge in [-0.15, -0.1) is 11.3 Å². The third-order valence-electron chi connectivity index (χ3n) is 6.75. The fraction of sp³-hybridized carbons (Fsp3) is 0.480. The number of nitrogens with one attached hydrogen (secondary N) is 1. The van der Waals surface area contributed by atoms with Crippen LogP contribution in [-0.4, -0.2) is 26.8 Å². The lowest BCUT2D eigenvalue weighted by Gasteiger charge is -2.28. The number of carbonyl (C=O) groups is 1. The Morgan fingerprint density at radius 3 is 2.68 bits per heavy atom. The molecule has 0 atom stereocenters. The summed E-state index contributed by atoms with van der Waals surface area (Å²) in [7, 11) is 0. The highest BCUT2D eigenvalue weighted by molar-refractivity contribution is 7.18. The van der Waals surface area contributed by atoms with E-state index in [4.69, 9.17) is 4.98 Å². The van der Waals surface area contributed by atoms with Crippen molar-refractivity contribution in [3.8, 4) is 0 Å². The highest BCUT2D eigenvalue weighted by Crippen LogP contribution is 2.33. The molecule has 2 aliphatic carbocycles. The van der Waals surface area contributed by atoms with Crippen molar-refractivity contribution in [1.29, 1.82) is 0 Å². The molecule has 0 unspecified atom stereocenters. The van der Waals surface area contributed by atoms with Crippen molar-refractivity contribution in [1.82, 2.24) is 14.9 Å². The molecule has 3 aromatic rings. The number of aromatic nitrogens is 2. The molecule has 5 rings (SSSR count). The molecule has 1 fully saturated rings. The maximum Gasteiger partial charge on any atom is 0.259 e. The number of hydrogen-bond donors (Lipinski definition) is 1. The van der Waals surface area contributed by atoms with E-state index in [1.54, 1.807) is 11.3 Å². The molecule has 0 bridgehead atoms. The molecule has 1 aromatic carbocycles. The summed E-state index contributed by atoms with van der Waals surface area (Å²) in [4.78, 5) is 38.1. The van der Waals surface area contributed by atoms with E-state index in [-0.39, 0.29) is 17.5 Å². The number of benzene rings is 1. The number of aromatic amines is 1. The number of amides is 1. The average molecular weight is 436 g/mol. The zero-order valence-electron chi connectivity index (χ0n) is 17.9. The van der Waals surface area contributed by atoms with Crippen LogP contribution >= 0.6 is 11.3 Å². The van der Waals surface area contributed by atoms with Crippen LogP contribution in [0.4, 0.5) is 0 Å². The van der Waals surface area contributed by atoms with Crippen LogP contribution in [0.5, 0.6) is 0 Å². The number of hydrogen-bond acceptors (Lipinski definition) is 4. The zero-order chi connectivity index (χ0) is 21.2. The van der Waals surface area contributed by atoms with Gasteiger partial charge in [0.1, 0.15) is 10.7 Å². The van der Waals surface area contributed by atoms with E-state index in [1.807, 2.05) is 23.1 Å². The molecule has 31 heavy (non-hydrogen) atoms. The molecule has 2 aliphatic rings. The molecule has 162 valence electrons. The van der Waals surface area contributed by atoms with Gasteiger partial charge in [0.25, 0.3) is 5.56 Å². The summed E-state index contributed by atoms with van der Waals surface area (Å²) in [6.07, 6.45) is 9.99. The molecule has 0 spiro atoms. The van der Waals surface area contributed by atoms with E-state index in [2.05, 4.69) is 17.1 Å². The Labute approximate surface area is 186 Å². The maximum atomic E-state index is 13.2. The van der Waals surface area contributed by atoms with Crippen molar-refractivity contribution in [2.24, 2.45) is 0 Å². The second kappa shape index (κ2) is 8.95. The van der Waals surface area contributed by atoms with E-state index in [9.17, 15) is 9.59 Å². The van der Waals surface area contributed by atoms with Gasteiger partial charge in [-0.2, -0.15) is 0 Å². The first-order valence-electron chi connectivity index (χ1n) is 11.6. The molecular weight excluding hydrogens is 406 g/mol. The Balaban J connectivity index is 1.39. The van der Waals surface area contributed by atoms with Gasteiger partial charge >= 0.3 is 0 Å². The van der Waals surface area contributed by atoms with Gasteiger partial charge in [-0.05, 0) is 56.1 Å². The second-order valence-corrected chi connectivity index (χ2v) is 9.93. The van der Waals surface area contributed by atoms with Crippen LogP contribution < -0.4 is 5.56 Å². The van der Waals surface area contributed by atoms with E-state index >= 15 is 0 Å². The van der Waals surface area contributed by atoms with Crippen molar-refractivity contribution in [2.45, 2.75) is 76.8 Å². The Hall–Kier alpha value is -2.47. The highest BCUT2D eigenvalue weighted by atomic mass is 32.1. The molecule has 6 heteroatoms. The number of aryl methyl sites for hydroxylation is 3. The molecule has 1 N–H and O–H groups in total. The average Bonchev–Trinajstić information content (AvgIpc) is 3.44. The Kier molecular flexibility index (Phi) is 5.90. The molecule has 0 radical (unpaired) electrons. The normalized spacial score (nSPS) is 16.5. The smallest absolute Gasteiger partial charge is 0.259 e. The summed E-state index contributed by atoms with van der Waals surface area (Å²) >= 11 is 1.67. The minimum atomic E-state index is -0.0393. The molecule has 0 saturated heterocycles. The Bertz CT molecular complexity index is 1130. The minimum Gasteiger partial charge on any atom is -0.332 e. The second-order valence-electron chi connectivity index (χ2n) is 8.85. The third-order valence-corrected chi connectivity index (χ3v) is 7.94. The number of H-pyrrole nitrogens is 1. The first kappa shape index (κ1) is 20.4. The topological polar surface area (TPSA) is 66.1 Å². The Morgan fingerprint density at radius 1 is 1.10 bits per heavy atom. The summed E-state index contributed by atoms with van der Waals surface area (Å²) in [6, 6.07) is 10.4. The lowest BCUT2D eigenvalue weighted by molar-refractivity contribution is -0.134. The summed E-state index contributed by atoms with van der Waals surface area (Å²) in [5, 5.41) is 0.784. The standard InChI is InChI=1S/C25H29N3O2S/c29-22(15-14-17-8-2-1-3-9-17)28(18-10-4-5-11-18)16-21-26-24(30)23-19-12-6-7-13-20(19)31-25(23)27-21/h1-3,8-9,18H,4-7,10-16H2,(H,26,27,30). The SMILES string of the molecule is O=C(CCc1ccccc1)N(Cc1nc2sc3c(c2c(=O)[nH]1)CCCC3)C1CCCC1. The number of nitrogens with zero attached hydrogens (tertiary/aromatic N) is 2. The Morgan fingerprint density at radius 2 is 1.87 bits per heavy atom. The van der Waals surface area contributed by atoms with E-state index < -0.39 is 0 Å². The van der Waals surface area contributed by atoms with Crippen molar-refractivity contribution in [2.75, 3.05) is 0 Å². The molecule has 1 amide bonds. The van der Waals surface area contributed by atoms with Gasteiger partial charge in [0.2, 0.25) is 5.91 Å². The van der Waals surface area contributed by atoms with Crippen molar-refractivity contribution < 1.29 is 4.79 Å². The zero-order valence-corrected chi connectivity index (χ0v) is 18.7. The van der Waals surface area contributed by atoms with Crippen LogP contribution in [0.2, 0.25) is 0 Å². The van der Waals surface area contributed by atoms with E-state index in [1.165, 1.54) is 22.4 Å². The van der Waals surface area contributed by atoms with E-state index in [0.29, 0.717) is 18.8 Å². The van der Waals surface area contributed by atoms with E-state index in [0.717, 1.165) is 61.6 Å². The van der Waals surface area contributed by atoms with Crippen LogP contribution in [0.15, 0.2) is 35.1 Å². The summed E-state index contributed by atoms with van der Waals surface area (Å²) < 4.78 is 0. The van der Waals surface area contributed by atoms with Gasteiger partial charge in [0, 0.05) is 17.3 Å². The van der Waals surface area contributed by atoms with Gasteiger partial charge in [-0.1, -0.05) is 43.2 Å². The van der Waals surface area contributed by atoms with Gasteiger partial charge in [0.05, 0.1) is 11.9 Å². The molecular formula is C25H29N3O2S. The molecule has 0 aliphatic heterocycles. The van der Waals surface area contributed by atoms with Crippen LogP contribution in [0.1, 0.15) is 66.8 Å². The summed E-state index contributed by atoms with van der Waals surface area (Å²) in [5.41, 5.74) is 2.35. The summed E-state index contributed by atoms with van der Waals surface area (Å²) in [6.45, 7) is 0.395. The number of carbonyl (C=O) groups excluding carboxylic acids is 1. The van der Waals surface area contributed by atoms with Crippen molar-refractivity contribution >= 4 is 27.5 Å². The van der Waals surface area contributed by atoms with Gasteiger partial charge in [-0.3, -0.25) is 9.59 Å². The number of rotatable bonds is 6. The fourth-order valence-corrected chi connectivity index (χ4v) is 6.40. The van der Waals surface area contributed by atoms with Gasteiger partial charge in [-0.25, -0.2) is 4.98 Å². The lowest BCUT2D eigenvalue weighted by atomic mass is 9.97. The van der Waals surface area contributed by atoms with Crippen LogP contribution in [0.3, 0.4) is 0 Å². The van der Waals surface area contributed by atoms with Crippen molar-refractivity contribution in [3.05, 3.63) is 62.5 Å².